The number of fused-ring (bicyclic) bond motifs is 3. The Morgan fingerprint density at radius 1 is 1.09 bits per heavy atom. The van der Waals surface area contributed by atoms with Crippen molar-refractivity contribution < 1.29 is 59.4 Å². The van der Waals surface area contributed by atoms with Crippen LogP contribution in [0.5, 0.6) is 0 Å². The number of sulfonamides is 1. The van der Waals surface area contributed by atoms with Crippen LogP contribution in [0.2, 0.25) is 0 Å². The number of alkyl carbamates (subject to hydrolysis) is 1. The first-order chi connectivity index (χ1) is 27.0. The van der Waals surface area contributed by atoms with Crippen molar-refractivity contribution in [1.29, 1.82) is 0 Å². The molecule has 58 heavy (non-hydrogen) atoms. The fourth-order valence-electron chi connectivity index (χ4n) is 7.99. The number of hydrogen-bond acceptors (Lipinski definition) is 9. The third-order valence-electron chi connectivity index (χ3n) is 12.4. The molecule has 2 aliphatic carbocycles. The highest BCUT2D eigenvalue weighted by atomic mass is 32.2. The van der Waals surface area contributed by atoms with Gasteiger partial charge in [0.15, 0.2) is 0 Å². The van der Waals surface area contributed by atoms with Crippen LogP contribution in [0.15, 0.2) is 30.4 Å². The van der Waals surface area contributed by atoms with Crippen LogP contribution in [-0.2, 0) is 47.0 Å². The summed E-state index contributed by atoms with van der Waals surface area (Å²) in [5, 5.41) is 5.08. The Labute approximate surface area is 334 Å². The van der Waals surface area contributed by atoms with Crippen LogP contribution in [0.4, 0.5) is 27.2 Å². The van der Waals surface area contributed by atoms with Crippen molar-refractivity contribution in [3.05, 3.63) is 47.3 Å². The molecule has 19 heteroatoms. The standard InChI is InChI=1S/C39H51F4N5O9S/c1-6-23-16-22(2)10-7-8-12-25-18-38(25,33(51)46-58(54,55)37(5)14-15-37)45-31(49)29-17-26(56-35(53)47-19-24-11-9-13-28(40)27(24)21-47)20-48(29)32(50)30(23)44-34(52)57-36(3,4)39(41,42)43/h8-9,11-13,22-23,25-26,29-30H,6-7,10,14-21H2,1-5H3,(H,44,52)(H,45,49)(H,46,51)/t22-,23-,25-,26-,29+,30+,38-/m1/s1. The van der Waals surface area contributed by atoms with E-state index in [0.29, 0.717) is 57.1 Å². The van der Waals surface area contributed by atoms with E-state index in [2.05, 4.69) is 15.4 Å². The Morgan fingerprint density at radius 2 is 1.79 bits per heavy atom. The first-order valence-electron chi connectivity index (χ1n) is 19.6. The minimum Gasteiger partial charge on any atom is -0.444 e. The Hall–Kier alpha value is -4.42. The van der Waals surface area contributed by atoms with E-state index in [1.165, 1.54) is 24.0 Å². The number of alkyl halides is 3. The number of ether oxygens (including phenoxy) is 2. The lowest BCUT2D eigenvalue weighted by atomic mass is 9.85. The highest BCUT2D eigenvalue weighted by Crippen LogP contribution is 2.48. The fourth-order valence-corrected chi connectivity index (χ4v) is 9.30. The second kappa shape index (κ2) is 15.6. The number of nitrogens with zero attached hydrogens (tertiary/aromatic N) is 2. The molecule has 0 unspecified atom stereocenters. The molecule has 0 spiro atoms. The zero-order valence-corrected chi connectivity index (χ0v) is 33.9. The van der Waals surface area contributed by atoms with E-state index in [-0.39, 0.29) is 44.8 Å². The maximum absolute atomic E-state index is 14.8. The number of carbonyl (C=O) groups is 5. The average molecular weight is 842 g/mol. The van der Waals surface area contributed by atoms with Crippen LogP contribution in [0.25, 0.3) is 0 Å². The minimum absolute atomic E-state index is 0.0401. The van der Waals surface area contributed by atoms with Crippen molar-refractivity contribution in [3.8, 4) is 0 Å². The number of allylic oxidation sites excluding steroid dienone is 1. The maximum atomic E-state index is 14.8. The molecule has 6 rings (SSSR count). The van der Waals surface area contributed by atoms with E-state index in [1.54, 1.807) is 19.1 Å². The van der Waals surface area contributed by atoms with Crippen LogP contribution >= 0.6 is 0 Å². The van der Waals surface area contributed by atoms with Crippen molar-refractivity contribution >= 4 is 39.9 Å². The van der Waals surface area contributed by atoms with Crippen molar-refractivity contribution in [2.24, 2.45) is 17.8 Å². The second-order valence-electron chi connectivity index (χ2n) is 17.2. The van der Waals surface area contributed by atoms with Gasteiger partial charge in [-0.3, -0.25) is 24.0 Å². The third-order valence-corrected chi connectivity index (χ3v) is 14.5. The first kappa shape index (κ1) is 43.2. The Bertz CT molecular complexity index is 1970. The Morgan fingerprint density at radius 3 is 2.43 bits per heavy atom. The van der Waals surface area contributed by atoms with Gasteiger partial charge in [-0.2, -0.15) is 13.2 Å². The molecule has 2 saturated carbocycles. The van der Waals surface area contributed by atoms with E-state index in [1.807, 2.05) is 13.0 Å². The van der Waals surface area contributed by atoms with Gasteiger partial charge in [0.1, 0.15) is 29.5 Å². The molecular formula is C39H51F4N5O9S. The number of amides is 5. The van der Waals surface area contributed by atoms with Crippen molar-refractivity contribution in [2.45, 2.75) is 139 Å². The normalized spacial score (nSPS) is 29.8. The van der Waals surface area contributed by atoms with Crippen LogP contribution in [-0.4, -0.2) is 94.9 Å². The van der Waals surface area contributed by atoms with Crippen molar-refractivity contribution in [3.63, 3.8) is 0 Å². The number of halogens is 4. The quantitative estimate of drug-likeness (QED) is 0.253. The summed E-state index contributed by atoms with van der Waals surface area (Å²) in [6.07, 6.45) is -2.69. The molecule has 0 aromatic heterocycles. The molecule has 0 bridgehead atoms. The summed E-state index contributed by atoms with van der Waals surface area (Å²) >= 11 is 0. The maximum Gasteiger partial charge on any atom is 0.427 e. The van der Waals surface area contributed by atoms with Crippen LogP contribution in [0.1, 0.15) is 97.1 Å². The van der Waals surface area contributed by atoms with Crippen LogP contribution in [0.3, 0.4) is 0 Å². The third kappa shape index (κ3) is 8.64. The lowest BCUT2D eigenvalue weighted by Gasteiger charge is -2.35. The number of carbonyl (C=O) groups excluding carboxylic acids is 5. The largest absolute Gasteiger partial charge is 0.444 e. The number of nitrogens with one attached hydrogen (secondary N) is 3. The molecule has 320 valence electrons. The Balaban J connectivity index is 1.32. The topological polar surface area (TPSA) is 181 Å². The van der Waals surface area contributed by atoms with Crippen molar-refractivity contribution in [2.75, 3.05) is 6.54 Å². The van der Waals surface area contributed by atoms with E-state index in [0.717, 1.165) is 4.90 Å². The molecule has 0 radical (unpaired) electrons. The summed E-state index contributed by atoms with van der Waals surface area (Å²) < 4.78 is 93.6. The zero-order valence-electron chi connectivity index (χ0n) is 33.1. The molecule has 14 nitrogen and oxygen atoms in total. The summed E-state index contributed by atoms with van der Waals surface area (Å²) in [4.78, 5) is 72.0. The first-order valence-corrected chi connectivity index (χ1v) is 21.1. The predicted molar refractivity (Wildman–Crippen MR) is 199 cm³/mol. The summed E-state index contributed by atoms with van der Waals surface area (Å²) in [6.45, 7) is 6.07. The SMILES string of the molecule is CC[C@@H]1C[C@H](C)CCC=C[C@@H]2C[C@@]2(C(=O)NS(=O)(=O)C2(C)CC2)NC(=O)[C@@H]2C[C@@H](OC(=O)N3Cc4cccc(F)c4C3)CN2C(=O)[C@H]1NC(=O)OC(C)(C)C(F)(F)F. The summed E-state index contributed by atoms with van der Waals surface area (Å²) in [6, 6.07) is 1.50. The van der Waals surface area contributed by atoms with Gasteiger partial charge in [0.05, 0.1) is 17.8 Å². The van der Waals surface area contributed by atoms with Gasteiger partial charge in [0.2, 0.25) is 27.4 Å². The lowest BCUT2D eigenvalue weighted by molar-refractivity contribution is -0.244. The molecule has 1 aromatic rings. The molecule has 3 N–H and O–H groups in total. The van der Waals surface area contributed by atoms with E-state index in [4.69, 9.17) is 9.47 Å². The smallest absolute Gasteiger partial charge is 0.427 e. The molecule has 3 aliphatic heterocycles. The summed E-state index contributed by atoms with van der Waals surface area (Å²) in [5.74, 6) is -4.50. The second-order valence-corrected chi connectivity index (χ2v) is 19.4. The van der Waals surface area contributed by atoms with Crippen LogP contribution < -0.4 is 15.4 Å². The molecule has 5 aliphatic rings. The lowest BCUT2D eigenvalue weighted by Crippen LogP contribution is -2.60. The van der Waals surface area contributed by atoms with Gasteiger partial charge in [-0.05, 0) is 82.8 Å². The van der Waals surface area contributed by atoms with Gasteiger partial charge >= 0.3 is 18.4 Å². The van der Waals surface area contributed by atoms with Gasteiger partial charge in [-0.15, -0.1) is 0 Å². The molecule has 3 fully saturated rings. The highest BCUT2D eigenvalue weighted by Gasteiger charge is 2.63. The molecule has 7 atom stereocenters. The molecule has 1 aromatic carbocycles. The summed E-state index contributed by atoms with van der Waals surface area (Å²) in [5.41, 5.74) is -3.73. The van der Waals surface area contributed by atoms with Crippen LogP contribution in [0, 0.1) is 23.6 Å². The highest BCUT2D eigenvalue weighted by molar-refractivity contribution is 7.91. The fraction of sp³-hybridized carbons (Fsp3) is 0.667. The van der Waals surface area contributed by atoms with Gasteiger partial charge in [-0.1, -0.05) is 44.6 Å². The zero-order chi connectivity index (χ0) is 42.6. The average Bonchev–Trinajstić information content (AvgIpc) is 3.92. The van der Waals surface area contributed by atoms with E-state index in [9.17, 15) is 50.0 Å². The predicted octanol–water partition coefficient (Wildman–Crippen LogP) is 4.96. The number of benzene rings is 1. The Kier molecular flexibility index (Phi) is 11.6. The van der Waals surface area contributed by atoms with E-state index >= 15 is 0 Å². The number of rotatable bonds is 7. The number of hydrogen-bond donors (Lipinski definition) is 3. The monoisotopic (exact) mass is 841 g/mol. The van der Waals surface area contributed by atoms with Gasteiger partial charge in [0, 0.05) is 24.4 Å². The molecular weight excluding hydrogens is 791 g/mol. The summed E-state index contributed by atoms with van der Waals surface area (Å²) in [7, 11) is -4.11. The van der Waals surface area contributed by atoms with Gasteiger partial charge in [-0.25, -0.2) is 22.4 Å². The van der Waals surface area contributed by atoms with E-state index < -0.39 is 97.8 Å². The molecule has 1 saturated heterocycles. The van der Waals surface area contributed by atoms with Gasteiger partial charge < -0.3 is 25.0 Å². The van der Waals surface area contributed by atoms with Crippen molar-refractivity contribution in [1.82, 2.24) is 25.2 Å². The van der Waals surface area contributed by atoms with Gasteiger partial charge in [0.25, 0.3) is 5.91 Å². The molecule has 5 amide bonds. The minimum atomic E-state index is -4.95. The molecule has 3 heterocycles.